The van der Waals surface area contributed by atoms with Crippen molar-refractivity contribution in [3.05, 3.63) is 70.7 Å². The van der Waals surface area contributed by atoms with Crippen molar-refractivity contribution in [3.8, 4) is 0 Å². The number of para-hydroxylation sites is 1. The Hall–Kier alpha value is -2.38. The Labute approximate surface area is 167 Å². The van der Waals surface area contributed by atoms with Crippen LogP contribution in [-0.4, -0.2) is 26.4 Å². The van der Waals surface area contributed by atoms with Gasteiger partial charge >= 0.3 is 0 Å². The molecule has 2 heterocycles. The number of rotatable bonds is 9. The van der Waals surface area contributed by atoms with Gasteiger partial charge in [0, 0.05) is 23.5 Å². The van der Waals surface area contributed by atoms with Gasteiger partial charge in [0.1, 0.15) is 5.82 Å². The molecule has 0 atom stereocenters. The van der Waals surface area contributed by atoms with Crippen molar-refractivity contribution in [3.63, 3.8) is 0 Å². The first-order valence-electron chi connectivity index (χ1n) is 8.77. The van der Waals surface area contributed by atoms with E-state index >= 15 is 0 Å². The van der Waals surface area contributed by atoms with Gasteiger partial charge in [-0.25, -0.2) is 0 Å². The summed E-state index contributed by atoms with van der Waals surface area (Å²) in [5, 5.41) is 14.4. The maximum absolute atomic E-state index is 12.4. The SMILES string of the molecule is C=CCn1c(Cc2cccs2)nnc1SCC(=O)Nc1ccccc1CC. The molecule has 0 radical (unpaired) electrons. The zero-order chi connectivity index (χ0) is 19.1. The fraction of sp³-hybridized carbons (Fsp3) is 0.250. The zero-order valence-electron chi connectivity index (χ0n) is 15.2. The quantitative estimate of drug-likeness (QED) is 0.428. The molecule has 0 aliphatic rings. The number of allylic oxidation sites excluding steroid dienone is 1. The maximum atomic E-state index is 12.4. The van der Waals surface area contributed by atoms with Gasteiger partial charge in [-0.1, -0.05) is 49.0 Å². The molecule has 0 fully saturated rings. The molecule has 1 N–H and O–H groups in total. The molecular weight excluding hydrogens is 376 g/mol. The zero-order valence-corrected chi connectivity index (χ0v) is 16.9. The Kier molecular flexibility index (Phi) is 6.84. The molecule has 7 heteroatoms. The van der Waals surface area contributed by atoms with Crippen LogP contribution in [0.3, 0.4) is 0 Å². The second-order valence-electron chi connectivity index (χ2n) is 5.90. The standard InChI is InChI=1S/C20H22N4OS2/c1-3-11-24-18(13-16-9-7-12-26-16)22-23-20(24)27-14-19(25)21-17-10-6-5-8-15(17)4-2/h3,5-10,12H,1,4,11,13-14H2,2H3,(H,21,25). The first kappa shape index (κ1) is 19.4. The predicted molar refractivity (Wildman–Crippen MR) is 113 cm³/mol. The van der Waals surface area contributed by atoms with Crippen molar-refractivity contribution < 1.29 is 4.79 Å². The van der Waals surface area contributed by atoms with Crippen molar-refractivity contribution in [2.75, 3.05) is 11.1 Å². The third-order valence-corrected chi connectivity index (χ3v) is 5.87. The van der Waals surface area contributed by atoms with Crippen molar-refractivity contribution in [1.82, 2.24) is 14.8 Å². The fourth-order valence-corrected chi connectivity index (χ4v) is 4.17. The highest BCUT2D eigenvalue weighted by Gasteiger charge is 2.14. The Morgan fingerprint density at radius 1 is 1.30 bits per heavy atom. The molecule has 27 heavy (non-hydrogen) atoms. The van der Waals surface area contributed by atoms with E-state index in [2.05, 4.69) is 40.5 Å². The van der Waals surface area contributed by atoms with E-state index in [4.69, 9.17) is 0 Å². The first-order chi connectivity index (χ1) is 13.2. The van der Waals surface area contributed by atoms with Crippen molar-refractivity contribution in [2.45, 2.75) is 31.5 Å². The lowest BCUT2D eigenvalue weighted by atomic mass is 10.1. The Morgan fingerprint density at radius 3 is 2.89 bits per heavy atom. The van der Waals surface area contributed by atoms with Gasteiger partial charge in [0.2, 0.25) is 5.91 Å². The highest BCUT2D eigenvalue weighted by molar-refractivity contribution is 7.99. The van der Waals surface area contributed by atoms with E-state index in [-0.39, 0.29) is 11.7 Å². The van der Waals surface area contributed by atoms with E-state index in [1.807, 2.05) is 41.0 Å². The number of aromatic nitrogens is 3. The molecule has 0 spiro atoms. The van der Waals surface area contributed by atoms with Gasteiger partial charge in [-0.3, -0.25) is 4.79 Å². The highest BCUT2D eigenvalue weighted by atomic mass is 32.2. The number of hydrogen-bond donors (Lipinski definition) is 1. The molecule has 0 saturated carbocycles. The summed E-state index contributed by atoms with van der Waals surface area (Å²) < 4.78 is 2.02. The van der Waals surface area contributed by atoms with Crippen LogP contribution in [0, 0.1) is 0 Å². The average molecular weight is 399 g/mol. The van der Waals surface area contributed by atoms with Crippen LogP contribution in [0.2, 0.25) is 0 Å². The number of carbonyl (C=O) groups is 1. The van der Waals surface area contributed by atoms with Crippen molar-refractivity contribution in [2.24, 2.45) is 0 Å². The Bertz CT molecular complexity index is 903. The highest BCUT2D eigenvalue weighted by Crippen LogP contribution is 2.21. The predicted octanol–water partition coefficient (Wildman–Crippen LogP) is 4.41. The molecule has 1 amide bonds. The summed E-state index contributed by atoms with van der Waals surface area (Å²) in [5.74, 6) is 1.12. The summed E-state index contributed by atoms with van der Waals surface area (Å²) in [4.78, 5) is 13.6. The van der Waals surface area contributed by atoms with Crippen LogP contribution in [0.1, 0.15) is 23.2 Å². The van der Waals surface area contributed by atoms with E-state index in [0.29, 0.717) is 6.54 Å². The second kappa shape index (κ2) is 9.53. The molecule has 1 aromatic carbocycles. The molecule has 0 aliphatic carbocycles. The molecule has 0 aliphatic heterocycles. The molecule has 3 aromatic rings. The molecule has 2 aromatic heterocycles. The number of carbonyl (C=O) groups excluding carboxylic acids is 1. The van der Waals surface area contributed by atoms with Crippen LogP contribution in [-0.2, 0) is 24.2 Å². The lowest BCUT2D eigenvalue weighted by Crippen LogP contribution is -2.16. The summed E-state index contributed by atoms with van der Waals surface area (Å²) in [5.41, 5.74) is 2.00. The molecule has 0 bridgehead atoms. The number of amides is 1. The second-order valence-corrected chi connectivity index (χ2v) is 7.88. The molecule has 5 nitrogen and oxygen atoms in total. The van der Waals surface area contributed by atoms with Gasteiger partial charge in [0.15, 0.2) is 5.16 Å². The van der Waals surface area contributed by atoms with Crippen LogP contribution < -0.4 is 5.32 Å². The van der Waals surface area contributed by atoms with E-state index < -0.39 is 0 Å². The lowest BCUT2D eigenvalue weighted by molar-refractivity contribution is -0.113. The molecule has 3 rings (SSSR count). The van der Waals surface area contributed by atoms with E-state index in [0.717, 1.165) is 35.1 Å². The van der Waals surface area contributed by atoms with Crippen molar-refractivity contribution >= 4 is 34.7 Å². The van der Waals surface area contributed by atoms with Gasteiger partial charge in [-0.2, -0.15) is 0 Å². The summed E-state index contributed by atoms with van der Waals surface area (Å²) in [6, 6.07) is 12.0. The first-order valence-corrected chi connectivity index (χ1v) is 10.6. The number of anilines is 1. The summed E-state index contributed by atoms with van der Waals surface area (Å²) in [6.45, 7) is 6.52. The number of aryl methyl sites for hydroxylation is 1. The van der Waals surface area contributed by atoms with E-state index in [1.54, 1.807) is 11.3 Å². The number of hydrogen-bond acceptors (Lipinski definition) is 5. The summed E-state index contributed by atoms with van der Waals surface area (Å²) >= 11 is 3.09. The summed E-state index contributed by atoms with van der Waals surface area (Å²) in [6.07, 6.45) is 3.43. The number of thiophene rings is 1. The minimum absolute atomic E-state index is 0.0474. The van der Waals surface area contributed by atoms with E-state index in [9.17, 15) is 4.79 Å². The number of nitrogens with one attached hydrogen (secondary N) is 1. The van der Waals surface area contributed by atoms with E-state index in [1.165, 1.54) is 16.6 Å². The van der Waals surface area contributed by atoms with Crippen LogP contribution in [0.15, 0.2) is 59.6 Å². The monoisotopic (exact) mass is 398 g/mol. The van der Waals surface area contributed by atoms with Gasteiger partial charge in [-0.15, -0.1) is 28.1 Å². The minimum atomic E-state index is -0.0474. The topological polar surface area (TPSA) is 59.8 Å². The third-order valence-electron chi connectivity index (χ3n) is 4.02. The van der Waals surface area contributed by atoms with Gasteiger partial charge in [0.25, 0.3) is 0 Å². The van der Waals surface area contributed by atoms with Crippen LogP contribution >= 0.6 is 23.1 Å². The largest absolute Gasteiger partial charge is 0.325 e. The third kappa shape index (κ3) is 5.08. The van der Waals surface area contributed by atoms with Gasteiger partial charge in [0.05, 0.1) is 5.75 Å². The van der Waals surface area contributed by atoms with Gasteiger partial charge < -0.3 is 9.88 Å². The molecule has 140 valence electrons. The smallest absolute Gasteiger partial charge is 0.234 e. The van der Waals surface area contributed by atoms with Crippen LogP contribution in [0.25, 0.3) is 0 Å². The van der Waals surface area contributed by atoms with Crippen LogP contribution in [0.5, 0.6) is 0 Å². The molecular formula is C20H22N4OS2. The maximum Gasteiger partial charge on any atom is 0.234 e. The Morgan fingerprint density at radius 2 is 2.15 bits per heavy atom. The fourth-order valence-electron chi connectivity index (χ4n) is 2.70. The van der Waals surface area contributed by atoms with Crippen LogP contribution in [0.4, 0.5) is 5.69 Å². The number of benzene rings is 1. The average Bonchev–Trinajstić information content (AvgIpc) is 3.32. The normalized spacial score (nSPS) is 10.7. The van der Waals surface area contributed by atoms with Crippen molar-refractivity contribution in [1.29, 1.82) is 0 Å². The lowest BCUT2D eigenvalue weighted by Gasteiger charge is -2.10. The number of nitrogens with zero attached hydrogens (tertiary/aromatic N) is 3. The molecule has 0 unspecified atom stereocenters. The Balaban J connectivity index is 1.65. The number of thioether (sulfide) groups is 1. The summed E-state index contributed by atoms with van der Waals surface area (Å²) in [7, 11) is 0. The minimum Gasteiger partial charge on any atom is -0.325 e. The molecule has 0 saturated heterocycles. The van der Waals surface area contributed by atoms with Gasteiger partial charge in [-0.05, 0) is 29.5 Å².